The summed E-state index contributed by atoms with van der Waals surface area (Å²) in [5.74, 6) is -0.366. The second-order valence-corrected chi connectivity index (χ2v) is 7.44. The number of benzene rings is 1. The number of hydrogen-bond acceptors (Lipinski definition) is 6. The van der Waals surface area contributed by atoms with Crippen LogP contribution < -0.4 is 16.0 Å². The van der Waals surface area contributed by atoms with Gasteiger partial charge in [-0.2, -0.15) is 5.26 Å². The summed E-state index contributed by atoms with van der Waals surface area (Å²) in [7, 11) is 0. The molecule has 1 saturated carbocycles. The third-order valence-electron chi connectivity index (χ3n) is 5.28. The lowest BCUT2D eigenvalue weighted by Crippen LogP contribution is -2.44. The number of nitrogens with one attached hydrogen (secondary N) is 3. The molecule has 1 aromatic carbocycles. The number of nitriles is 1. The molecule has 158 valence electrons. The number of nitrogens with zero attached hydrogens (tertiary/aromatic N) is 3. The fraction of sp³-hybridized carbons (Fsp3) is 0.318. The van der Waals surface area contributed by atoms with Gasteiger partial charge in [-0.15, -0.1) is 0 Å². The molecule has 0 radical (unpaired) electrons. The maximum absolute atomic E-state index is 12.8. The van der Waals surface area contributed by atoms with Gasteiger partial charge in [0.25, 0.3) is 5.91 Å². The molecule has 9 heteroatoms. The molecule has 3 N–H and O–H groups in total. The zero-order chi connectivity index (χ0) is 21.8. The van der Waals surface area contributed by atoms with Gasteiger partial charge in [0.2, 0.25) is 11.8 Å². The van der Waals surface area contributed by atoms with Gasteiger partial charge in [0.05, 0.1) is 12.1 Å². The van der Waals surface area contributed by atoms with Crippen molar-refractivity contribution in [1.82, 2.24) is 20.5 Å². The van der Waals surface area contributed by atoms with Crippen LogP contribution in [0.15, 0.2) is 42.6 Å². The largest absolute Gasteiger partial charge is 0.367 e. The molecule has 3 amide bonds. The summed E-state index contributed by atoms with van der Waals surface area (Å²) in [6.45, 7) is 0.498. The molecule has 1 aliphatic carbocycles. The van der Waals surface area contributed by atoms with Gasteiger partial charge >= 0.3 is 0 Å². The van der Waals surface area contributed by atoms with Crippen molar-refractivity contribution in [3.63, 3.8) is 0 Å². The first-order chi connectivity index (χ1) is 15.1. The highest BCUT2D eigenvalue weighted by molar-refractivity contribution is 6.05. The average molecular weight is 418 g/mol. The second-order valence-electron chi connectivity index (χ2n) is 7.44. The van der Waals surface area contributed by atoms with Crippen LogP contribution in [-0.2, 0) is 9.59 Å². The Hall–Kier alpha value is -3.93. The van der Waals surface area contributed by atoms with E-state index in [0.29, 0.717) is 35.6 Å². The summed E-state index contributed by atoms with van der Waals surface area (Å²) >= 11 is 0. The average Bonchev–Trinajstić information content (AvgIpc) is 3.59. The molecule has 1 fully saturated rings. The highest BCUT2D eigenvalue weighted by Crippen LogP contribution is 2.41. The monoisotopic (exact) mass is 418 g/mol. The molecule has 1 aliphatic heterocycles. The van der Waals surface area contributed by atoms with Crippen molar-refractivity contribution >= 4 is 23.5 Å². The standard InChI is InChI=1S/C22H22N6O3/c23-12-14-4-3-9-25-20(14)26-11-10-24-18(29)13-27-21(30)19-16-5-1-2-6-17(16)22(31)28(19)15-7-8-15/h1-6,9,15,19H,7-8,10-11,13H2,(H,24,29)(H,25,26)(H,27,30). The molecule has 2 heterocycles. The van der Waals surface area contributed by atoms with Crippen molar-refractivity contribution in [3.05, 3.63) is 59.3 Å². The van der Waals surface area contributed by atoms with E-state index in [-0.39, 0.29) is 30.3 Å². The quantitative estimate of drug-likeness (QED) is 0.548. The third-order valence-corrected chi connectivity index (χ3v) is 5.28. The van der Waals surface area contributed by atoms with Crippen LogP contribution in [0.2, 0.25) is 0 Å². The zero-order valence-electron chi connectivity index (χ0n) is 16.8. The SMILES string of the molecule is N#Cc1cccnc1NCCNC(=O)CNC(=O)C1c2ccccc2C(=O)N1C1CC1. The molecule has 2 aromatic rings. The summed E-state index contributed by atoms with van der Waals surface area (Å²) in [5.41, 5.74) is 1.66. The van der Waals surface area contributed by atoms with Crippen molar-refractivity contribution < 1.29 is 14.4 Å². The van der Waals surface area contributed by atoms with E-state index in [2.05, 4.69) is 20.9 Å². The first kappa shape index (κ1) is 20.3. The zero-order valence-corrected chi connectivity index (χ0v) is 16.8. The topological polar surface area (TPSA) is 127 Å². The van der Waals surface area contributed by atoms with Crippen molar-refractivity contribution in [3.8, 4) is 6.07 Å². The van der Waals surface area contributed by atoms with E-state index < -0.39 is 6.04 Å². The maximum atomic E-state index is 12.8. The molecule has 31 heavy (non-hydrogen) atoms. The predicted octanol–water partition coefficient (Wildman–Crippen LogP) is 0.957. The lowest BCUT2D eigenvalue weighted by Gasteiger charge is -2.24. The van der Waals surface area contributed by atoms with Crippen LogP contribution in [0, 0.1) is 11.3 Å². The number of carbonyl (C=O) groups excluding carboxylic acids is 3. The van der Waals surface area contributed by atoms with Gasteiger partial charge in [0.15, 0.2) is 0 Å². The minimum absolute atomic E-state index is 0.0837. The number of anilines is 1. The van der Waals surface area contributed by atoms with E-state index in [1.54, 1.807) is 41.4 Å². The van der Waals surface area contributed by atoms with Crippen LogP contribution in [-0.4, -0.2) is 53.3 Å². The first-order valence-corrected chi connectivity index (χ1v) is 10.1. The van der Waals surface area contributed by atoms with E-state index in [0.717, 1.165) is 12.8 Å². The molecule has 1 unspecified atom stereocenters. The van der Waals surface area contributed by atoms with Crippen molar-refractivity contribution in [2.45, 2.75) is 24.9 Å². The van der Waals surface area contributed by atoms with Crippen LogP contribution >= 0.6 is 0 Å². The van der Waals surface area contributed by atoms with Crippen molar-refractivity contribution in [2.75, 3.05) is 25.0 Å². The summed E-state index contributed by atoms with van der Waals surface area (Å²) in [4.78, 5) is 43.4. The van der Waals surface area contributed by atoms with Gasteiger partial charge in [-0.3, -0.25) is 14.4 Å². The van der Waals surface area contributed by atoms with E-state index in [9.17, 15) is 14.4 Å². The molecule has 4 rings (SSSR count). The molecule has 9 nitrogen and oxygen atoms in total. The smallest absolute Gasteiger partial charge is 0.255 e. The van der Waals surface area contributed by atoms with Gasteiger partial charge in [-0.05, 0) is 36.6 Å². The Bertz CT molecular complexity index is 1060. The molecule has 0 bridgehead atoms. The Kier molecular flexibility index (Phi) is 5.80. The van der Waals surface area contributed by atoms with E-state index in [1.165, 1.54) is 0 Å². The molecule has 0 saturated heterocycles. The first-order valence-electron chi connectivity index (χ1n) is 10.1. The van der Waals surface area contributed by atoms with Gasteiger partial charge in [-0.25, -0.2) is 4.98 Å². The highest BCUT2D eigenvalue weighted by atomic mass is 16.2. The Morgan fingerprint density at radius 1 is 1.13 bits per heavy atom. The summed E-state index contributed by atoms with van der Waals surface area (Å²) < 4.78 is 0. The number of amides is 3. The van der Waals surface area contributed by atoms with Crippen LogP contribution in [0.1, 0.15) is 40.4 Å². The summed E-state index contributed by atoms with van der Waals surface area (Å²) in [5, 5.41) is 17.4. The fourth-order valence-corrected chi connectivity index (χ4v) is 3.68. The number of pyridine rings is 1. The maximum Gasteiger partial charge on any atom is 0.255 e. The third kappa shape index (κ3) is 4.33. The number of carbonyl (C=O) groups is 3. The second kappa shape index (κ2) is 8.83. The Labute approximate surface area is 179 Å². The van der Waals surface area contributed by atoms with E-state index in [1.807, 2.05) is 12.1 Å². The van der Waals surface area contributed by atoms with Crippen molar-refractivity contribution in [2.24, 2.45) is 0 Å². The normalized spacial score (nSPS) is 16.9. The number of fused-ring (bicyclic) bond motifs is 1. The number of rotatable bonds is 8. The van der Waals surface area contributed by atoms with Crippen LogP contribution in [0.5, 0.6) is 0 Å². The molecule has 1 aromatic heterocycles. The van der Waals surface area contributed by atoms with Gasteiger partial charge in [0, 0.05) is 30.9 Å². The van der Waals surface area contributed by atoms with Crippen LogP contribution in [0.4, 0.5) is 5.82 Å². The number of hydrogen-bond donors (Lipinski definition) is 3. The van der Waals surface area contributed by atoms with Crippen LogP contribution in [0.3, 0.4) is 0 Å². The van der Waals surface area contributed by atoms with Gasteiger partial charge in [-0.1, -0.05) is 18.2 Å². The molecule has 0 spiro atoms. The predicted molar refractivity (Wildman–Crippen MR) is 112 cm³/mol. The Morgan fingerprint density at radius 2 is 1.94 bits per heavy atom. The Balaban J connectivity index is 1.27. The summed E-state index contributed by atoms with van der Waals surface area (Å²) in [6, 6.07) is 11.9. The van der Waals surface area contributed by atoms with Gasteiger partial charge < -0.3 is 20.9 Å². The minimum Gasteiger partial charge on any atom is -0.367 e. The molecule has 1 atom stereocenters. The number of aromatic nitrogens is 1. The highest BCUT2D eigenvalue weighted by Gasteiger charge is 2.47. The molecular weight excluding hydrogens is 396 g/mol. The van der Waals surface area contributed by atoms with E-state index in [4.69, 9.17) is 5.26 Å². The fourth-order valence-electron chi connectivity index (χ4n) is 3.68. The van der Waals surface area contributed by atoms with Gasteiger partial charge in [0.1, 0.15) is 17.9 Å². The summed E-state index contributed by atoms with van der Waals surface area (Å²) in [6.07, 6.45) is 3.36. The lowest BCUT2D eigenvalue weighted by molar-refractivity contribution is -0.129. The Morgan fingerprint density at radius 3 is 2.71 bits per heavy atom. The van der Waals surface area contributed by atoms with E-state index >= 15 is 0 Å². The van der Waals surface area contributed by atoms with Crippen molar-refractivity contribution in [1.29, 1.82) is 5.26 Å². The lowest BCUT2D eigenvalue weighted by atomic mass is 10.0. The molecule has 2 aliphatic rings. The van der Waals surface area contributed by atoms with Crippen LogP contribution in [0.25, 0.3) is 0 Å². The minimum atomic E-state index is -0.695. The molecular formula is C22H22N6O3.